The third-order valence-electron chi connectivity index (χ3n) is 2.29. The summed E-state index contributed by atoms with van der Waals surface area (Å²) in [5.74, 6) is -0.827. The molecule has 0 saturated heterocycles. The molecule has 1 unspecified atom stereocenters. The molecule has 1 rings (SSSR count). The normalized spacial score (nSPS) is 11.9. The molecule has 0 saturated carbocycles. The van der Waals surface area contributed by atoms with E-state index in [1.807, 2.05) is 0 Å². The van der Waals surface area contributed by atoms with Crippen LogP contribution >= 0.6 is 15.9 Å². The van der Waals surface area contributed by atoms with Crippen molar-refractivity contribution in [2.24, 2.45) is 5.73 Å². The zero-order valence-electron chi connectivity index (χ0n) is 9.42. The van der Waals surface area contributed by atoms with Gasteiger partial charge in [0.05, 0.1) is 16.5 Å². The number of nitro groups is 1. The number of nitrogens with zero attached hydrogens (tertiary/aromatic N) is 1. The van der Waals surface area contributed by atoms with Crippen LogP contribution in [-0.4, -0.2) is 29.2 Å². The average Bonchev–Trinajstić information content (AvgIpc) is 2.30. The maximum atomic E-state index is 11.1. The van der Waals surface area contributed by atoms with Gasteiger partial charge >= 0.3 is 5.97 Å². The van der Waals surface area contributed by atoms with Crippen LogP contribution in [0, 0.1) is 10.1 Å². The smallest absolute Gasteiger partial charge is 0.322 e. The predicted molar refractivity (Wildman–Crippen MR) is 66.2 cm³/mol. The lowest BCUT2D eigenvalue weighted by Gasteiger charge is -2.10. The number of rotatable bonds is 4. The molecule has 0 bridgehead atoms. The van der Waals surface area contributed by atoms with Gasteiger partial charge in [0, 0.05) is 24.1 Å². The third-order valence-corrected chi connectivity index (χ3v) is 2.92. The van der Waals surface area contributed by atoms with E-state index in [0.717, 1.165) is 0 Å². The van der Waals surface area contributed by atoms with Gasteiger partial charge in [0.15, 0.2) is 0 Å². The van der Waals surface area contributed by atoms with Crippen molar-refractivity contribution < 1.29 is 19.6 Å². The maximum absolute atomic E-state index is 11.1. The first kappa shape index (κ1) is 14.4. The molecule has 0 aliphatic rings. The summed E-state index contributed by atoms with van der Waals surface area (Å²) >= 11 is 2.97. The lowest BCUT2D eigenvalue weighted by Crippen LogP contribution is -2.33. The number of ether oxygens (including phenoxy) is 1. The third kappa shape index (κ3) is 3.17. The Morgan fingerprint density at radius 1 is 1.67 bits per heavy atom. The van der Waals surface area contributed by atoms with Crippen LogP contribution in [0.3, 0.4) is 0 Å². The van der Waals surface area contributed by atoms with Crippen molar-refractivity contribution in [1.82, 2.24) is 0 Å². The summed E-state index contributed by atoms with van der Waals surface area (Å²) in [6.07, 6.45) is -0.0490. The molecule has 0 aromatic heterocycles. The van der Waals surface area contributed by atoms with E-state index in [-0.39, 0.29) is 27.9 Å². The molecule has 0 fully saturated rings. The van der Waals surface area contributed by atoms with Crippen molar-refractivity contribution in [3.63, 3.8) is 0 Å². The second-order valence-corrected chi connectivity index (χ2v) is 4.38. The van der Waals surface area contributed by atoms with Gasteiger partial charge in [0.25, 0.3) is 5.69 Å². The second kappa shape index (κ2) is 5.78. The van der Waals surface area contributed by atoms with Gasteiger partial charge in [-0.1, -0.05) is 0 Å². The molecule has 18 heavy (non-hydrogen) atoms. The summed E-state index contributed by atoms with van der Waals surface area (Å²) in [6, 6.07) is 1.38. The van der Waals surface area contributed by atoms with E-state index in [1.165, 1.54) is 19.2 Å². The molecule has 0 spiro atoms. The van der Waals surface area contributed by atoms with Gasteiger partial charge in [-0.05, 0) is 15.9 Å². The first-order chi connectivity index (χ1) is 8.36. The summed E-state index contributed by atoms with van der Waals surface area (Å²) in [4.78, 5) is 21.3. The van der Waals surface area contributed by atoms with Gasteiger partial charge in [-0.15, -0.1) is 0 Å². The number of carbonyl (C=O) groups excluding carboxylic acids is 1. The summed E-state index contributed by atoms with van der Waals surface area (Å²) in [5.41, 5.74) is 5.53. The molecule has 1 aromatic carbocycles. The second-order valence-electron chi connectivity index (χ2n) is 3.52. The Morgan fingerprint density at radius 2 is 2.28 bits per heavy atom. The fourth-order valence-electron chi connectivity index (χ4n) is 1.37. The highest BCUT2D eigenvalue weighted by Crippen LogP contribution is 2.32. The van der Waals surface area contributed by atoms with E-state index in [0.29, 0.717) is 0 Å². The minimum Gasteiger partial charge on any atom is -0.508 e. The van der Waals surface area contributed by atoms with Crippen molar-refractivity contribution in [1.29, 1.82) is 0 Å². The quantitative estimate of drug-likeness (QED) is 0.488. The van der Waals surface area contributed by atoms with Crippen LogP contribution in [0.5, 0.6) is 5.75 Å². The number of hydrogen-bond acceptors (Lipinski definition) is 6. The zero-order chi connectivity index (χ0) is 13.9. The minimum atomic E-state index is -0.985. The molecule has 3 N–H and O–H groups in total. The summed E-state index contributed by atoms with van der Waals surface area (Å²) in [5, 5.41) is 20.4. The average molecular weight is 319 g/mol. The predicted octanol–water partition coefficient (Wildman–Crippen LogP) is 1.11. The lowest BCUT2D eigenvalue weighted by atomic mass is 10.0. The number of hydrogen-bond donors (Lipinski definition) is 2. The van der Waals surface area contributed by atoms with Crippen LogP contribution in [0.2, 0.25) is 0 Å². The Balaban J connectivity index is 3.06. The van der Waals surface area contributed by atoms with Crippen molar-refractivity contribution in [3.05, 3.63) is 32.3 Å². The van der Waals surface area contributed by atoms with E-state index < -0.39 is 16.9 Å². The highest BCUT2D eigenvalue weighted by atomic mass is 79.9. The van der Waals surface area contributed by atoms with E-state index >= 15 is 0 Å². The van der Waals surface area contributed by atoms with E-state index in [1.54, 1.807) is 0 Å². The fourth-order valence-corrected chi connectivity index (χ4v) is 1.85. The number of aromatic hydroxyl groups is 1. The Labute approximate surface area is 111 Å². The van der Waals surface area contributed by atoms with Gasteiger partial charge in [0.2, 0.25) is 0 Å². The largest absolute Gasteiger partial charge is 0.508 e. The number of phenolic OH excluding ortho intramolecular Hbond substituents is 1. The summed E-state index contributed by atoms with van der Waals surface area (Å²) < 4.78 is 4.59. The van der Waals surface area contributed by atoms with Crippen LogP contribution in [0.15, 0.2) is 16.6 Å². The SMILES string of the molecule is COC(=O)C(N)Cc1cc([N+](=O)[O-])c(Br)cc1O. The molecule has 1 atom stereocenters. The van der Waals surface area contributed by atoms with Crippen LogP contribution in [0.4, 0.5) is 5.69 Å². The Morgan fingerprint density at radius 3 is 2.78 bits per heavy atom. The van der Waals surface area contributed by atoms with E-state index in [4.69, 9.17) is 5.73 Å². The molecule has 7 nitrogen and oxygen atoms in total. The molecule has 0 amide bonds. The first-order valence-electron chi connectivity index (χ1n) is 4.86. The monoisotopic (exact) mass is 318 g/mol. The van der Waals surface area contributed by atoms with E-state index in [9.17, 15) is 20.0 Å². The number of nitro benzene ring substituents is 1. The van der Waals surface area contributed by atoms with Crippen LogP contribution in [0.25, 0.3) is 0 Å². The van der Waals surface area contributed by atoms with E-state index in [2.05, 4.69) is 20.7 Å². The number of esters is 1. The number of benzene rings is 1. The Bertz CT molecular complexity index is 491. The first-order valence-corrected chi connectivity index (χ1v) is 5.65. The van der Waals surface area contributed by atoms with Crippen LogP contribution in [0.1, 0.15) is 5.56 Å². The van der Waals surface area contributed by atoms with Crippen LogP contribution < -0.4 is 5.73 Å². The van der Waals surface area contributed by atoms with Gasteiger partial charge in [-0.3, -0.25) is 14.9 Å². The van der Waals surface area contributed by atoms with Gasteiger partial charge in [0.1, 0.15) is 11.8 Å². The number of phenols is 1. The van der Waals surface area contributed by atoms with Crippen molar-refractivity contribution >= 4 is 27.6 Å². The standard InChI is InChI=1S/C10H11BrN2O5/c1-18-10(15)7(12)2-5-3-8(13(16)17)6(11)4-9(5)14/h3-4,7,14H,2,12H2,1H3. The molecular weight excluding hydrogens is 308 g/mol. The molecule has 0 heterocycles. The molecule has 98 valence electrons. The number of nitrogens with two attached hydrogens (primary N) is 1. The topological polar surface area (TPSA) is 116 Å². The lowest BCUT2D eigenvalue weighted by molar-refractivity contribution is -0.385. The van der Waals surface area contributed by atoms with Gasteiger partial charge in [-0.25, -0.2) is 0 Å². The molecule has 8 heteroatoms. The highest BCUT2D eigenvalue weighted by Gasteiger charge is 2.21. The highest BCUT2D eigenvalue weighted by molar-refractivity contribution is 9.10. The minimum absolute atomic E-state index is 0.0490. The number of carbonyl (C=O) groups is 1. The molecule has 0 aliphatic carbocycles. The summed E-state index contributed by atoms with van der Waals surface area (Å²) in [6.45, 7) is 0. The maximum Gasteiger partial charge on any atom is 0.322 e. The van der Waals surface area contributed by atoms with Crippen LogP contribution in [-0.2, 0) is 16.0 Å². The fraction of sp³-hybridized carbons (Fsp3) is 0.300. The number of halogens is 1. The van der Waals surface area contributed by atoms with Crippen molar-refractivity contribution in [2.45, 2.75) is 12.5 Å². The van der Waals surface area contributed by atoms with Crippen molar-refractivity contribution in [2.75, 3.05) is 7.11 Å². The molecule has 1 aromatic rings. The summed E-state index contributed by atoms with van der Waals surface area (Å²) in [7, 11) is 1.19. The molecule has 0 aliphatic heterocycles. The Kier molecular flexibility index (Phi) is 4.62. The number of methoxy groups -OCH3 is 1. The van der Waals surface area contributed by atoms with Gasteiger partial charge in [-0.2, -0.15) is 0 Å². The molecule has 0 radical (unpaired) electrons. The zero-order valence-corrected chi connectivity index (χ0v) is 11.0. The van der Waals surface area contributed by atoms with Crippen molar-refractivity contribution in [3.8, 4) is 5.75 Å². The van der Waals surface area contributed by atoms with Gasteiger partial charge < -0.3 is 15.6 Å². The molecular formula is C10H11BrN2O5. The Hall–Kier alpha value is -1.67.